The molecule has 2 rings (SSSR count). The lowest BCUT2D eigenvalue weighted by molar-refractivity contribution is 0.0755. The Bertz CT molecular complexity index is 317. The Morgan fingerprint density at radius 2 is 2.06 bits per heavy atom. The Morgan fingerprint density at radius 1 is 1.29 bits per heavy atom. The highest BCUT2D eigenvalue weighted by atomic mass is 16.5. The SMILES string of the molecule is CC(C)N[C@@H](Cc1ccccc1)[C@@H]1CCCO1. The fourth-order valence-corrected chi connectivity index (χ4v) is 2.51. The van der Waals surface area contributed by atoms with E-state index in [1.54, 1.807) is 0 Å². The van der Waals surface area contributed by atoms with Gasteiger partial charge in [-0.05, 0) is 24.8 Å². The van der Waals surface area contributed by atoms with Crippen LogP contribution in [0.15, 0.2) is 30.3 Å². The summed E-state index contributed by atoms with van der Waals surface area (Å²) in [5.74, 6) is 0. The lowest BCUT2D eigenvalue weighted by atomic mass is 9.99. The summed E-state index contributed by atoms with van der Waals surface area (Å²) in [6.45, 7) is 5.33. The molecule has 0 radical (unpaired) electrons. The van der Waals surface area contributed by atoms with Gasteiger partial charge in [-0.15, -0.1) is 0 Å². The third-order valence-electron chi connectivity index (χ3n) is 3.26. The summed E-state index contributed by atoms with van der Waals surface area (Å²) in [4.78, 5) is 0. The summed E-state index contributed by atoms with van der Waals surface area (Å²) in [6.07, 6.45) is 3.84. The van der Waals surface area contributed by atoms with Gasteiger partial charge in [-0.25, -0.2) is 0 Å². The average Bonchev–Trinajstić information content (AvgIpc) is 2.82. The zero-order valence-electron chi connectivity index (χ0n) is 10.9. The van der Waals surface area contributed by atoms with Crippen LogP contribution in [0.25, 0.3) is 0 Å². The first-order valence-corrected chi connectivity index (χ1v) is 6.67. The standard InChI is InChI=1S/C15H23NO/c1-12(2)16-14(15-9-6-10-17-15)11-13-7-4-3-5-8-13/h3-5,7-8,12,14-16H,6,9-11H2,1-2H3/t14-,15-/m0/s1. The van der Waals surface area contributed by atoms with Crippen molar-refractivity contribution in [3.05, 3.63) is 35.9 Å². The van der Waals surface area contributed by atoms with Gasteiger partial charge in [0.1, 0.15) is 0 Å². The fraction of sp³-hybridized carbons (Fsp3) is 0.600. The molecule has 0 saturated carbocycles. The van der Waals surface area contributed by atoms with Crippen LogP contribution >= 0.6 is 0 Å². The molecule has 1 aromatic carbocycles. The van der Waals surface area contributed by atoms with Gasteiger partial charge >= 0.3 is 0 Å². The van der Waals surface area contributed by atoms with E-state index in [9.17, 15) is 0 Å². The van der Waals surface area contributed by atoms with Crippen molar-refractivity contribution in [1.82, 2.24) is 5.32 Å². The summed E-state index contributed by atoms with van der Waals surface area (Å²) in [5.41, 5.74) is 1.39. The van der Waals surface area contributed by atoms with E-state index in [-0.39, 0.29) is 0 Å². The minimum absolute atomic E-state index is 0.387. The maximum Gasteiger partial charge on any atom is 0.0732 e. The molecule has 2 heteroatoms. The second-order valence-corrected chi connectivity index (χ2v) is 5.17. The molecule has 0 spiro atoms. The van der Waals surface area contributed by atoms with E-state index in [1.807, 2.05) is 0 Å². The molecule has 0 amide bonds. The first kappa shape index (κ1) is 12.6. The van der Waals surface area contributed by atoms with Crippen molar-refractivity contribution in [2.45, 2.75) is 51.3 Å². The quantitative estimate of drug-likeness (QED) is 0.844. The molecule has 1 aliphatic heterocycles. The molecule has 1 saturated heterocycles. The highest BCUT2D eigenvalue weighted by Crippen LogP contribution is 2.19. The van der Waals surface area contributed by atoms with Gasteiger partial charge in [0.25, 0.3) is 0 Å². The molecular formula is C15H23NO. The molecule has 1 heterocycles. The highest BCUT2D eigenvalue weighted by Gasteiger charge is 2.26. The summed E-state index contributed by atoms with van der Waals surface area (Å²) in [5, 5.41) is 3.65. The van der Waals surface area contributed by atoms with Gasteiger partial charge in [0, 0.05) is 18.7 Å². The van der Waals surface area contributed by atoms with Crippen molar-refractivity contribution in [3.63, 3.8) is 0 Å². The third kappa shape index (κ3) is 3.83. The maximum atomic E-state index is 5.83. The molecule has 1 N–H and O–H groups in total. The number of ether oxygens (including phenoxy) is 1. The van der Waals surface area contributed by atoms with E-state index >= 15 is 0 Å². The Balaban J connectivity index is 1.99. The minimum Gasteiger partial charge on any atom is -0.377 e. The van der Waals surface area contributed by atoms with Crippen molar-refractivity contribution in [2.24, 2.45) is 0 Å². The lowest BCUT2D eigenvalue weighted by Crippen LogP contribution is -2.44. The number of nitrogens with one attached hydrogen (secondary N) is 1. The van der Waals surface area contributed by atoms with Crippen LogP contribution in [-0.2, 0) is 11.2 Å². The number of benzene rings is 1. The van der Waals surface area contributed by atoms with Crippen molar-refractivity contribution in [3.8, 4) is 0 Å². The Kier molecular flexibility index (Phi) is 4.57. The van der Waals surface area contributed by atoms with E-state index in [0.717, 1.165) is 13.0 Å². The second-order valence-electron chi connectivity index (χ2n) is 5.17. The summed E-state index contributed by atoms with van der Waals surface area (Å²) in [6, 6.07) is 11.6. The summed E-state index contributed by atoms with van der Waals surface area (Å²) >= 11 is 0. The molecule has 2 atom stereocenters. The average molecular weight is 233 g/mol. The molecule has 1 aliphatic rings. The smallest absolute Gasteiger partial charge is 0.0732 e. The first-order valence-electron chi connectivity index (χ1n) is 6.67. The Hall–Kier alpha value is -0.860. The van der Waals surface area contributed by atoms with Crippen molar-refractivity contribution >= 4 is 0 Å². The molecule has 2 nitrogen and oxygen atoms in total. The van der Waals surface area contributed by atoms with Crippen LogP contribution in [0.3, 0.4) is 0 Å². The zero-order valence-corrected chi connectivity index (χ0v) is 10.9. The van der Waals surface area contributed by atoms with Crippen molar-refractivity contribution < 1.29 is 4.74 Å². The molecule has 0 aliphatic carbocycles. The van der Waals surface area contributed by atoms with Crippen LogP contribution in [0.4, 0.5) is 0 Å². The molecule has 0 unspecified atom stereocenters. The van der Waals surface area contributed by atoms with Gasteiger partial charge < -0.3 is 10.1 Å². The second kappa shape index (κ2) is 6.18. The summed E-state index contributed by atoms with van der Waals surface area (Å²) in [7, 11) is 0. The number of rotatable bonds is 5. The van der Waals surface area contributed by atoms with Crippen molar-refractivity contribution in [2.75, 3.05) is 6.61 Å². The lowest BCUT2D eigenvalue weighted by Gasteiger charge is -2.26. The highest BCUT2D eigenvalue weighted by molar-refractivity contribution is 5.16. The third-order valence-corrected chi connectivity index (χ3v) is 3.26. The van der Waals surface area contributed by atoms with Crippen LogP contribution in [-0.4, -0.2) is 24.8 Å². The van der Waals surface area contributed by atoms with Crippen LogP contribution in [0, 0.1) is 0 Å². The van der Waals surface area contributed by atoms with E-state index < -0.39 is 0 Å². The molecule has 17 heavy (non-hydrogen) atoms. The van der Waals surface area contributed by atoms with Crippen LogP contribution in [0.1, 0.15) is 32.3 Å². The predicted molar refractivity (Wildman–Crippen MR) is 71.2 cm³/mol. The monoisotopic (exact) mass is 233 g/mol. The van der Waals surface area contributed by atoms with Gasteiger partial charge in [0.2, 0.25) is 0 Å². The van der Waals surface area contributed by atoms with E-state index in [0.29, 0.717) is 18.2 Å². The minimum atomic E-state index is 0.387. The van der Waals surface area contributed by atoms with Gasteiger partial charge in [-0.2, -0.15) is 0 Å². The zero-order chi connectivity index (χ0) is 12.1. The molecule has 1 aromatic rings. The summed E-state index contributed by atoms with van der Waals surface area (Å²) < 4.78 is 5.83. The van der Waals surface area contributed by atoms with E-state index in [1.165, 1.54) is 18.4 Å². The van der Waals surface area contributed by atoms with Gasteiger partial charge in [0.15, 0.2) is 0 Å². The largest absolute Gasteiger partial charge is 0.377 e. The Morgan fingerprint density at radius 3 is 2.65 bits per heavy atom. The van der Waals surface area contributed by atoms with Crippen LogP contribution in [0.5, 0.6) is 0 Å². The maximum absolute atomic E-state index is 5.83. The number of hydrogen-bond donors (Lipinski definition) is 1. The van der Waals surface area contributed by atoms with Gasteiger partial charge in [-0.3, -0.25) is 0 Å². The van der Waals surface area contributed by atoms with Crippen LogP contribution in [0.2, 0.25) is 0 Å². The predicted octanol–water partition coefficient (Wildman–Crippen LogP) is 2.77. The van der Waals surface area contributed by atoms with E-state index in [4.69, 9.17) is 4.74 Å². The molecular weight excluding hydrogens is 210 g/mol. The topological polar surface area (TPSA) is 21.3 Å². The van der Waals surface area contributed by atoms with Crippen molar-refractivity contribution in [1.29, 1.82) is 0 Å². The van der Waals surface area contributed by atoms with Gasteiger partial charge in [0.05, 0.1) is 6.10 Å². The fourth-order valence-electron chi connectivity index (χ4n) is 2.51. The molecule has 1 fully saturated rings. The molecule has 0 bridgehead atoms. The normalized spacial score (nSPS) is 21.9. The number of hydrogen-bond acceptors (Lipinski definition) is 2. The Labute approximate surface area is 104 Å². The molecule has 94 valence electrons. The first-order chi connectivity index (χ1) is 8.25. The van der Waals surface area contributed by atoms with E-state index in [2.05, 4.69) is 49.5 Å². The molecule has 0 aromatic heterocycles. The van der Waals surface area contributed by atoms with Crippen LogP contribution < -0.4 is 5.32 Å². The van der Waals surface area contributed by atoms with Gasteiger partial charge in [-0.1, -0.05) is 44.2 Å².